The SMILES string of the molecule is COc1ccc(CCNC(=O)c2ccc(Nc3cccc(F)c3)nn2)cc1OC. The number of ether oxygens (including phenoxy) is 2. The molecule has 8 heteroatoms. The van der Waals surface area contributed by atoms with Gasteiger partial charge >= 0.3 is 0 Å². The van der Waals surface area contributed by atoms with Crippen molar-refractivity contribution in [1.29, 1.82) is 0 Å². The standard InChI is InChI=1S/C21H21FN4O3/c1-28-18-8-6-14(12-19(18)29-2)10-11-23-21(27)17-7-9-20(26-25-17)24-16-5-3-4-15(22)13-16/h3-9,12-13H,10-11H2,1-2H3,(H,23,27)(H,24,26). The van der Waals surface area contributed by atoms with E-state index in [0.29, 0.717) is 36.0 Å². The van der Waals surface area contributed by atoms with Crippen molar-refractivity contribution in [2.24, 2.45) is 0 Å². The lowest BCUT2D eigenvalue weighted by atomic mass is 10.1. The summed E-state index contributed by atoms with van der Waals surface area (Å²) in [6.45, 7) is 0.430. The summed E-state index contributed by atoms with van der Waals surface area (Å²) in [4.78, 5) is 12.2. The molecule has 3 aromatic rings. The molecule has 0 saturated heterocycles. The first-order valence-electron chi connectivity index (χ1n) is 8.94. The number of hydrogen-bond donors (Lipinski definition) is 2. The number of anilines is 2. The highest BCUT2D eigenvalue weighted by molar-refractivity contribution is 5.92. The fraction of sp³-hybridized carbons (Fsp3) is 0.190. The molecular formula is C21H21FN4O3. The van der Waals surface area contributed by atoms with Gasteiger partial charge in [0.05, 0.1) is 14.2 Å². The Hall–Kier alpha value is -3.68. The van der Waals surface area contributed by atoms with Crippen molar-refractivity contribution in [3.63, 3.8) is 0 Å². The molecule has 0 spiro atoms. The minimum absolute atomic E-state index is 0.196. The van der Waals surface area contributed by atoms with Gasteiger partial charge in [-0.2, -0.15) is 0 Å². The van der Waals surface area contributed by atoms with E-state index < -0.39 is 0 Å². The number of hydrogen-bond acceptors (Lipinski definition) is 6. The second kappa shape index (κ2) is 9.50. The van der Waals surface area contributed by atoms with Gasteiger partial charge in [0.2, 0.25) is 0 Å². The van der Waals surface area contributed by atoms with Crippen LogP contribution in [0, 0.1) is 5.82 Å². The van der Waals surface area contributed by atoms with E-state index in [0.717, 1.165) is 5.56 Å². The van der Waals surface area contributed by atoms with Gasteiger partial charge < -0.3 is 20.1 Å². The van der Waals surface area contributed by atoms with Crippen LogP contribution in [-0.4, -0.2) is 36.9 Å². The first-order chi connectivity index (χ1) is 14.1. The van der Waals surface area contributed by atoms with Crippen LogP contribution in [-0.2, 0) is 6.42 Å². The van der Waals surface area contributed by atoms with Crippen molar-refractivity contribution < 1.29 is 18.7 Å². The second-order valence-corrected chi connectivity index (χ2v) is 6.13. The lowest BCUT2D eigenvalue weighted by Gasteiger charge is -2.10. The third kappa shape index (κ3) is 5.41. The molecule has 0 radical (unpaired) electrons. The zero-order valence-corrected chi connectivity index (χ0v) is 16.1. The molecule has 0 saturated carbocycles. The minimum atomic E-state index is -0.353. The highest BCUT2D eigenvalue weighted by atomic mass is 19.1. The number of carbonyl (C=O) groups is 1. The Kier molecular flexibility index (Phi) is 6.57. The lowest BCUT2D eigenvalue weighted by Crippen LogP contribution is -2.26. The molecular weight excluding hydrogens is 375 g/mol. The molecule has 0 fully saturated rings. The number of carbonyl (C=O) groups excluding carboxylic acids is 1. The van der Waals surface area contributed by atoms with Crippen LogP contribution in [0.5, 0.6) is 11.5 Å². The molecule has 1 aromatic heterocycles. The molecule has 150 valence electrons. The molecule has 0 aliphatic heterocycles. The summed E-state index contributed by atoms with van der Waals surface area (Å²) in [5.41, 5.74) is 1.75. The van der Waals surface area contributed by atoms with Gasteiger partial charge in [0, 0.05) is 12.2 Å². The van der Waals surface area contributed by atoms with Gasteiger partial charge in [-0.3, -0.25) is 4.79 Å². The number of methoxy groups -OCH3 is 2. The molecule has 2 aromatic carbocycles. The van der Waals surface area contributed by atoms with Crippen LogP contribution in [0.4, 0.5) is 15.9 Å². The van der Waals surface area contributed by atoms with Crippen molar-refractivity contribution in [3.8, 4) is 11.5 Å². The Balaban J connectivity index is 1.53. The number of rotatable bonds is 8. The summed E-state index contributed by atoms with van der Waals surface area (Å²) < 4.78 is 23.7. The molecule has 7 nitrogen and oxygen atoms in total. The average molecular weight is 396 g/mol. The van der Waals surface area contributed by atoms with E-state index in [2.05, 4.69) is 20.8 Å². The lowest BCUT2D eigenvalue weighted by molar-refractivity contribution is 0.0948. The molecule has 29 heavy (non-hydrogen) atoms. The number of halogens is 1. The number of aromatic nitrogens is 2. The molecule has 0 aliphatic rings. The summed E-state index contributed by atoms with van der Waals surface area (Å²) in [6.07, 6.45) is 0.624. The number of nitrogens with zero attached hydrogens (tertiary/aromatic N) is 2. The van der Waals surface area contributed by atoms with Gasteiger partial charge in [-0.15, -0.1) is 10.2 Å². The van der Waals surface area contributed by atoms with Crippen LogP contribution in [0.25, 0.3) is 0 Å². The van der Waals surface area contributed by atoms with Gasteiger partial charge in [0.25, 0.3) is 5.91 Å². The topological polar surface area (TPSA) is 85.4 Å². The smallest absolute Gasteiger partial charge is 0.271 e. The van der Waals surface area contributed by atoms with Crippen molar-refractivity contribution >= 4 is 17.4 Å². The fourth-order valence-corrected chi connectivity index (χ4v) is 2.68. The molecule has 0 aliphatic carbocycles. The monoisotopic (exact) mass is 396 g/mol. The van der Waals surface area contributed by atoms with Crippen LogP contribution in [0.1, 0.15) is 16.1 Å². The fourth-order valence-electron chi connectivity index (χ4n) is 2.68. The van der Waals surface area contributed by atoms with Crippen LogP contribution in [0.15, 0.2) is 54.6 Å². The number of amides is 1. The molecule has 0 atom stereocenters. The van der Waals surface area contributed by atoms with Crippen LogP contribution in [0.2, 0.25) is 0 Å². The normalized spacial score (nSPS) is 10.3. The third-order valence-electron chi connectivity index (χ3n) is 4.14. The molecule has 0 unspecified atom stereocenters. The van der Waals surface area contributed by atoms with Crippen molar-refractivity contribution in [2.75, 3.05) is 26.1 Å². The van der Waals surface area contributed by atoms with E-state index in [1.807, 2.05) is 18.2 Å². The average Bonchev–Trinajstić information content (AvgIpc) is 2.74. The summed E-state index contributed by atoms with van der Waals surface area (Å²) in [7, 11) is 3.16. The van der Waals surface area contributed by atoms with Gasteiger partial charge in [-0.25, -0.2) is 4.39 Å². The summed E-state index contributed by atoms with van der Waals surface area (Å²) in [5.74, 6) is 1.03. The van der Waals surface area contributed by atoms with Crippen LogP contribution >= 0.6 is 0 Å². The molecule has 0 bridgehead atoms. The number of benzene rings is 2. The summed E-state index contributed by atoms with van der Waals surface area (Å²) in [5, 5.41) is 13.6. The molecule has 1 amide bonds. The number of nitrogens with one attached hydrogen (secondary N) is 2. The quantitative estimate of drug-likeness (QED) is 0.607. The zero-order chi connectivity index (χ0) is 20.6. The first-order valence-corrected chi connectivity index (χ1v) is 8.94. The summed E-state index contributed by atoms with van der Waals surface area (Å²) >= 11 is 0. The summed E-state index contributed by atoms with van der Waals surface area (Å²) in [6, 6.07) is 14.8. The minimum Gasteiger partial charge on any atom is -0.493 e. The van der Waals surface area contributed by atoms with E-state index in [1.165, 1.54) is 12.1 Å². The Bertz CT molecular complexity index is 980. The Labute approximate surface area is 167 Å². The Morgan fingerprint density at radius 1 is 1.00 bits per heavy atom. The third-order valence-corrected chi connectivity index (χ3v) is 4.14. The zero-order valence-electron chi connectivity index (χ0n) is 16.1. The highest BCUT2D eigenvalue weighted by Crippen LogP contribution is 2.27. The van der Waals surface area contributed by atoms with E-state index >= 15 is 0 Å². The molecule has 1 heterocycles. The van der Waals surface area contributed by atoms with E-state index in [1.54, 1.807) is 38.5 Å². The van der Waals surface area contributed by atoms with Crippen molar-refractivity contribution in [3.05, 3.63) is 71.7 Å². The Morgan fingerprint density at radius 2 is 1.83 bits per heavy atom. The Morgan fingerprint density at radius 3 is 2.52 bits per heavy atom. The highest BCUT2D eigenvalue weighted by Gasteiger charge is 2.09. The van der Waals surface area contributed by atoms with E-state index in [9.17, 15) is 9.18 Å². The van der Waals surface area contributed by atoms with E-state index in [4.69, 9.17) is 9.47 Å². The predicted molar refractivity (Wildman–Crippen MR) is 107 cm³/mol. The van der Waals surface area contributed by atoms with Gasteiger partial charge in [-0.1, -0.05) is 12.1 Å². The van der Waals surface area contributed by atoms with Gasteiger partial charge in [0.1, 0.15) is 5.82 Å². The van der Waals surface area contributed by atoms with Gasteiger partial charge in [0.15, 0.2) is 23.0 Å². The maximum absolute atomic E-state index is 13.2. The van der Waals surface area contributed by atoms with E-state index in [-0.39, 0.29) is 17.4 Å². The molecule has 3 rings (SSSR count). The maximum atomic E-state index is 13.2. The molecule has 2 N–H and O–H groups in total. The van der Waals surface area contributed by atoms with Crippen molar-refractivity contribution in [1.82, 2.24) is 15.5 Å². The first kappa shape index (κ1) is 20.1. The maximum Gasteiger partial charge on any atom is 0.271 e. The van der Waals surface area contributed by atoms with Crippen LogP contribution < -0.4 is 20.1 Å². The predicted octanol–water partition coefficient (Wildman–Crippen LogP) is 3.35. The van der Waals surface area contributed by atoms with Crippen LogP contribution in [0.3, 0.4) is 0 Å². The van der Waals surface area contributed by atoms with Gasteiger partial charge in [-0.05, 0) is 54.4 Å². The second-order valence-electron chi connectivity index (χ2n) is 6.13. The van der Waals surface area contributed by atoms with Crippen molar-refractivity contribution in [2.45, 2.75) is 6.42 Å². The largest absolute Gasteiger partial charge is 0.493 e.